The summed E-state index contributed by atoms with van der Waals surface area (Å²) < 4.78 is 2.46. The average Bonchev–Trinajstić information content (AvgIpc) is 2.86. The Bertz CT molecular complexity index is 415. The molecule has 2 atom stereocenters. The van der Waals surface area contributed by atoms with Crippen molar-refractivity contribution in [3.8, 4) is 0 Å². The minimum absolute atomic E-state index is 0.634. The van der Waals surface area contributed by atoms with Gasteiger partial charge in [-0.05, 0) is 28.9 Å². The van der Waals surface area contributed by atoms with E-state index in [-0.39, 0.29) is 0 Å². The van der Waals surface area contributed by atoms with Gasteiger partial charge in [-0.3, -0.25) is 4.90 Å². The summed E-state index contributed by atoms with van der Waals surface area (Å²) in [5.41, 5.74) is 2.92. The predicted octanol–water partition coefficient (Wildman–Crippen LogP) is 3.52. The molecule has 2 aliphatic heterocycles. The number of likely N-dealkylation sites (tertiary alicyclic amines) is 1. The molecule has 19 heavy (non-hydrogen) atoms. The van der Waals surface area contributed by atoms with Gasteiger partial charge in [-0.2, -0.15) is 0 Å². The monoisotopic (exact) mass is 370 g/mol. The van der Waals surface area contributed by atoms with Crippen molar-refractivity contribution in [1.29, 1.82) is 0 Å². The number of hydrogen-bond acceptors (Lipinski definition) is 2. The summed E-state index contributed by atoms with van der Waals surface area (Å²) in [6, 6.07) is 9.22. The summed E-state index contributed by atoms with van der Waals surface area (Å²) in [4.78, 5) is 2.64. The molecular weight excluding hydrogens is 347 g/mol. The number of fused-ring (bicyclic) bond motifs is 1. The molecule has 0 radical (unpaired) electrons. The van der Waals surface area contributed by atoms with Gasteiger partial charge in [0.25, 0.3) is 0 Å². The molecule has 2 nitrogen and oxygen atoms in total. The lowest BCUT2D eigenvalue weighted by Crippen LogP contribution is -2.24. The van der Waals surface area contributed by atoms with E-state index in [4.69, 9.17) is 0 Å². The molecular formula is C16H23IN2. The van der Waals surface area contributed by atoms with Crippen LogP contribution in [-0.2, 0) is 6.54 Å². The molecule has 104 valence electrons. The third kappa shape index (κ3) is 3.14. The van der Waals surface area contributed by atoms with Gasteiger partial charge in [0.15, 0.2) is 0 Å². The van der Waals surface area contributed by atoms with Crippen molar-refractivity contribution in [2.75, 3.05) is 26.2 Å². The van der Waals surface area contributed by atoms with Gasteiger partial charge in [-0.15, -0.1) is 0 Å². The molecule has 0 saturated carbocycles. The zero-order valence-corrected chi connectivity index (χ0v) is 14.0. The van der Waals surface area contributed by atoms with E-state index in [1.54, 1.807) is 0 Å². The smallest absolute Gasteiger partial charge is 0.0233 e. The fourth-order valence-corrected chi connectivity index (χ4v) is 4.44. The highest BCUT2D eigenvalue weighted by Gasteiger charge is 2.38. The molecule has 0 amide bonds. The van der Waals surface area contributed by atoms with E-state index in [2.05, 4.69) is 69.0 Å². The molecule has 3 heteroatoms. The van der Waals surface area contributed by atoms with E-state index in [0.29, 0.717) is 5.92 Å². The molecule has 0 spiro atoms. The Hall–Kier alpha value is -0.130. The van der Waals surface area contributed by atoms with Crippen LogP contribution in [0.3, 0.4) is 0 Å². The van der Waals surface area contributed by atoms with Gasteiger partial charge in [-0.25, -0.2) is 3.11 Å². The van der Waals surface area contributed by atoms with Crippen molar-refractivity contribution in [2.45, 2.75) is 26.3 Å². The minimum Gasteiger partial charge on any atom is -0.298 e. The molecule has 2 fully saturated rings. The molecule has 0 bridgehead atoms. The van der Waals surface area contributed by atoms with Crippen LogP contribution in [0, 0.1) is 11.8 Å². The van der Waals surface area contributed by atoms with Gasteiger partial charge >= 0.3 is 0 Å². The standard InChI is InChI=1S/C16H23IN2/c1-12(2)14-5-3-13(4-6-14)7-18-8-15-10-19(17)11-16(15)9-18/h3-6,12,15-16H,7-11H2,1-2H3. The van der Waals surface area contributed by atoms with Gasteiger partial charge in [-0.1, -0.05) is 38.1 Å². The summed E-state index contributed by atoms with van der Waals surface area (Å²) in [5, 5.41) is 0. The lowest BCUT2D eigenvalue weighted by molar-refractivity contribution is 0.297. The second-order valence-electron chi connectivity index (χ2n) is 6.44. The average molecular weight is 370 g/mol. The Morgan fingerprint density at radius 1 is 1.05 bits per heavy atom. The number of rotatable bonds is 3. The van der Waals surface area contributed by atoms with Crippen molar-refractivity contribution in [3.05, 3.63) is 35.4 Å². The van der Waals surface area contributed by atoms with Crippen LogP contribution >= 0.6 is 22.9 Å². The third-order valence-electron chi connectivity index (χ3n) is 4.57. The quantitative estimate of drug-likeness (QED) is 0.594. The first kappa shape index (κ1) is 13.8. The first-order chi connectivity index (χ1) is 9.11. The van der Waals surface area contributed by atoms with Gasteiger partial charge in [0, 0.05) is 55.6 Å². The Morgan fingerprint density at radius 2 is 1.63 bits per heavy atom. The third-order valence-corrected chi connectivity index (χ3v) is 5.36. The summed E-state index contributed by atoms with van der Waals surface area (Å²) in [5.74, 6) is 2.45. The number of halogens is 1. The van der Waals surface area contributed by atoms with E-state index in [1.807, 2.05) is 0 Å². The van der Waals surface area contributed by atoms with Crippen LogP contribution < -0.4 is 0 Å². The summed E-state index contributed by atoms with van der Waals surface area (Å²) >= 11 is 2.47. The largest absolute Gasteiger partial charge is 0.298 e. The van der Waals surface area contributed by atoms with Crippen LogP contribution in [0.25, 0.3) is 0 Å². The molecule has 1 aromatic carbocycles. The summed E-state index contributed by atoms with van der Waals surface area (Å²) in [6.45, 7) is 10.8. The van der Waals surface area contributed by atoms with Crippen LogP contribution in [0.15, 0.2) is 24.3 Å². The van der Waals surface area contributed by atoms with E-state index >= 15 is 0 Å². The number of hydrogen-bond donors (Lipinski definition) is 0. The van der Waals surface area contributed by atoms with Crippen molar-refractivity contribution in [3.63, 3.8) is 0 Å². The van der Waals surface area contributed by atoms with Crippen LogP contribution in [0.1, 0.15) is 30.9 Å². The fourth-order valence-electron chi connectivity index (χ4n) is 3.43. The Morgan fingerprint density at radius 3 is 2.16 bits per heavy atom. The predicted molar refractivity (Wildman–Crippen MR) is 88.4 cm³/mol. The van der Waals surface area contributed by atoms with Gasteiger partial charge < -0.3 is 0 Å². The maximum absolute atomic E-state index is 2.64. The Labute approximate surface area is 130 Å². The topological polar surface area (TPSA) is 6.48 Å². The molecule has 0 N–H and O–H groups in total. The lowest BCUT2D eigenvalue weighted by atomic mass is 10.0. The molecule has 2 heterocycles. The first-order valence-corrected chi connectivity index (χ1v) is 8.30. The second-order valence-corrected chi connectivity index (χ2v) is 7.80. The van der Waals surface area contributed by atoms with E-state index in [0.717, 1.165) is 18.4 Å². The molecule has 3 rings (SSSR count). The van der Waals surface area contributed by atoms with Crippen LogP contribution in [-0.4, -0.2) is 34.2 Å². The lowest BCUT2D eigenvalue weighted by Gasteiger charge is -2.18. The van der Waals surface area contributed by atoms with E-state index < -0.39 is 0 Å². The molecule has 1 aromatic rings. The zero-order valence-electron chi connectivity index (χ0n) is 11.8. The molecule has 0 aromatic heterocycles. The SMILES string of the molecule is CC(C)c1ccc(CN2CC3CN(I)CC3C2)cc1. The minimum atomic E-state index is 0.634. The number of benzene rings is 1. The Kier molecular flexibility index (Phi) is 4.15. The normalized spacial score (nSPS) is 28.2. The highest BCUT2D eigenvalue weighted by molar-refractivity contribution is 14.1. The highest BCUT2D eigenvalue weighted by atomic mass is 127. The van der Waals surface area contributed by atoms with Crippen molar-refractivity contribution < 1.29 is 0 Å². The molecule has 2 aliphatic rings. The first-order valence-electron chi connectivity index (χ1n) is 7.33. The summed E-state index contributed by atoms with van der Waals surface area (Å²) in [7, 11) is 0. The highest BCUT2D eigenvalue weighted by Crippen LogP contribution is 2.33. The van der Waals surface area contributed by atoms with Crippen LogP contribution in [0.5, 0.6) is 0 Å². The molecule has 2 saturated heterocycles. The van der Waals surface area contributed by atoms with E-state index in [1.165, 1.54) is 37.3 Å². The maximum Gasteiger partial charge on any atom is 0.0233 e. The molecule has 0 aliphatic carbocycles. The van der Waals surface area contributed by atoms with E-state index in [9.17, 15) is 0 Å². The Balaban J connectivity index is 1.58. The fraction of sp³-hybridized carbons (Fsp3) is 0.625. The van der Waals surface area contributed by atoms with Crippen molar-refractivity contribution in [1.82, 2.24) is 8.01 Å². The van der Waals surface area contributed by atoms with Gasteiger partial charge in [0.05, 0.1) is 0 Å². The summed E-state index contributed by atoms with van der Waals surface area (Å²) in [6.07, 6.45) is 0. The zero-order chi connectivity index (χ0) is 13.4. The van der Waals surface area contributed by atoms with Gasteiger partial charge in [0.1, 0.15) is 0 Å². The van der Waals surface area contributed by atoms with Crippen LogP contribution in [0.2, 0.25) is 0 Å². The second kappa shape index (κ2) is 5.70. The molecule has 2 unspecified atom stereocenters. The number of nitrogens with zero attached hydrogens (tertiary/aromatic N) is 2. The van der Waals surface area contributed by atoms with Crippen molar-refractivity contribution >= 4 is 22.9 Å². The van der Waals surface area contributed by atoms with Crippen LogP contribution in [0.4, 0.5) is 0 Å². The maximum atomic E-state index is 2.64. The van der Waals surface area contributed by atoms with Crippen molar-refractivity contribution in [2.24, 2.45) is 11.8 Å². The van der Waals surface area contributed by atoms with Gasteiger partial charge in [0.2, 0.25) is 0 Å².